The molecule has 0 aliphatic rings. The predicted molar refractivity (Wildman–Crippen MR) is 119 cm³/mol. The topological polar surface area (TPSA) is 92.3 Å². The number of carbonyl (C=O) groups is 1. The first-order valence-electron chi connectivity index (χ1n) is 9.87. The summed E-state index contributed by atoms with van der Waals surface area (Å²) in [4.78, 5) is 16.5. The van der Waals surface area contributed by atoms with Gasteiger partial charge in [0.2, 0.25) is 5.91 Å². The number of rotatable bonds is 7. The van der Waals surface area contributed by atoms with Crippen LogP contribution in [0.15, 0.2) is 61.1 Å². The van der Waals surface area contributed by atoms with Crippen molar-refractivity contribution in [3.63, 3.8) is 0 Å². The van der Waals surface area contributed by atoms with E-state index in [1.165, 1.54) is 0 Å². The Labute approximate surface area is 180 Å². The lowest BCUT2D eigenvalue weighted by Gasteiger charge is -2.19. The standard InChI is InChI=1S/C24H24N4O3/c1-28-14-19(13-27-28)18-7-17-6-15(4-5-23(17)26-12-18)22(11-24(25)29)16-8-20(30-2)10-21(9-16)31-3/h4-10,12-14,22H,11H2,1-3H3,(H2,25,29)/t22-/m0/s1. The molecule has 4 aromatic rings. The van der Waals surface area contributed by atoms with Gasteiger partial charge in [-0.25, -0.2) is 0 Å². The van der Waals surface area contributed by atoms with Crippen LogP contribution in [0.3, 0.4) is 0 Å². The van der Waals surface area contributed by atoms with Crippen molar-refractivity contribution in [2.45, 2.75) is 12.3 Å². The van der Waals surface area contributed by atoms with Crippen LogP contribution in [0.1, 0.15) is 23.5 Å². The zero-order chi connectivity index (χ0) is 22.0. The van der Waals surface area contributed by atoms with Gasteiger partial charge in [0.05, 0.1) is 25.9 Å². The molecule has 0 bridgehead atoms. The lowest BCUT2D eigenvalue weighted by Crippen LogP contribution is -2.16. The van der Waals surface area contributed by atoms with Gasteiger partial charge in [0.1, 0.15) is 11.5 Å². The average molecular weight is 416 g/mol. The zero-order valence-corrected chi connectivity index (χ0v) is 17.7. The summed E-state index contributed by atoms with van der Waals surface area (Å²) < 4.78 is 12.6. The van der Waals surface area contributed by atoms with Crippen molar-refractivity contribution in [2.24, 2.45) is 12.8 Å². The molecule has 7 heteroatoms. The fourth-order valence-corrected chi connectivity index (χ4v) is 3.75. The first-order chi connectivity index (χ1) is 15.0. The van der Waals surface area contributed by atoms with E-state index in [2.05, 4.69) is 22.2 Å². The molecule has 2 aromatic carbocycles. The first kappa shape index (κ1) is 20.4. The number of aryl methyl sites for hydroxylation is 1. The SMILES string of the molecule is COc1cc(OC)cc([C@@H](CC(N)=O)c2ccc3ncc(-c4cnn(C)c4)cc3c2)c1. The number of hydrogen-bond donors (Lipinski definition) is 1. The van der Waals surface area contributed by atoms with Crippen LogP contribution in [-0.2, 0) is 11.8 Å². The van der Waals surface area contributed by atoms with Crippen molar-refractivity contribution >= 4 is 16.8 Å². The maximum absolute atomic E-state index is 11.9. The number of fused-ring (bicyclic) bond motifs is 1. The number of pyridine rings is 1. The molecule has 0 aliphatic carbocycles. The molecule has 1 atom stereocenters. The molecular formula is C24H24N4O3. The van der Waals surface area contributed by atoms with Crippen LogP contribution in [0.25, 0.3) is 22.0 Å². The number of carbonyl (C=O) groups excluding carboxylic acids is 1. The molecule has 0 radical (unpaired) electrons. The van der Waals surface area contributed by atoms with Gasteiger partial charge in [0, 0.05) is 54.4 Å². The van der Waals surface area contributed by atoms with Crippen molar-refractivity contribution in [2.75, 3.05) is 14.2 Å². The van der Waals surface area contributed by atoms with E-state index in [9.17, 15) is 4.79 Å². The highest BCUT2D eigenvalue weighted by atomic mass is 16.5. The quantitative estimate of drug-likeness (QED) is 0.496. The fraction of sp³-hybridized carbons (Fsp3) is 0.208. The van der Waals surface area contributed by atoms with Crippen LogP contribution >= 0.6 is 0 Å². The summed E-state index contributed by atoms with van der Waals surface area (Å²) in [7, 11) is 5.08. The van der Waals surface area contributed by atoms with Crippen molar-refractivity contribution in [3.8, 4) is 22.6 Å². The summed E-state index contributed by atoms with van der Waals surface area (Å²) in [5.74, 6) is 0.692. The number of methoxy groups -OCH3 is 2. The van der Waals surface area contributed by atoms with Crippen LogP contribution in [0.2, 0.25) is 0 Å². The number of amides is 1. The van der Waals surface area contributed by atoms with Crippen LogP contribution < -0.4 is 15.2 Å². The molecule has 1 amide bonds. The summed E-state index contributed by atoms with van der Waals surface area (Å²) in [6, 6.07) is 13.7. The largest absolute Gasteiger partial charge is 0.497 e. The third-order valence-corrected chi connectivity index (χ3v) is 5.33. The number of ether oxygens (including phenoxy) is 2. The molecule has 2 heterocycles. The summed E-state index contributed by atoms with van der Waals surface area (Å²) in [6.07, 6.45) is 5.76. The average Bonchev–Trinajstić information content (AvgIpc) is 3.22. The van der Waals surface area contributed by atoms with Crippen LogP contribution in [0.4, 0.5) is 0 Å². The second-order valence-electron chi connectivity index (χ2n) is 7.45. The van der Waals surface area contributed by atoms with E-state index >= 15 is 0 Å². The van der Waals surface area contributed by atoms with Gasteiger partial charge in [0.15, 0.2) is 0 Å². The normalized spacial score (nSPS) is 12.0. The Morgan fingerprint density at radius 2 is 1.74 bits per heavy atom. The maximum atomic E-state index is 11.9. The van der Waals surface area contributed by atoms with E-state index in [4.69, 9.17) is 15.2 Å². The molecule has 0 fully saturated rings. The van der Waals surface area contributed by atoms with E-state index in [1.807, 2.05) is 49.9 Å². The molecule has 0 saturated carbocycles. The van der Waals surface area contributed by atoms with Crippen LogP contribution in [-0.4, -0.2) is 34.9 Å². The van der Waals surface area contributed by atoms with Crippen molar-refractivity contribution in [1.82, 2.24) is 14.8 Å². The Morgan fingerprint density at radius 1 is 1.00 bits per heavy atom. The molecule has 0 aliphatic heterocycles. The number of nitrogens with zero attached hydrogens (tertiary/aromatic N) is 3. The number of hydrogen-bond acceptors (Lipinski definition) is 5. The summed E-state index contributed by atoms with van der Waals surface area (Å²) in [5.41, 5.74) is 10.3. The molecule has 0 saturated heterocycles. The molecule has 0 spiro atoms. The highest BCUT2D eigenvalue weighted by Crippen LogP contribution is 2.35. The summed E-state index contributed by atoms with van der Waals surface area (Å²) in [6.45, 7) is 0. The van der Waals surface area contributed by atoms with E-state index in [0.29, 0.717) is 11.5 Å². The van der Waals surface area contributed by atoms with Gasteiger partial charge >= 0.3 is 0 Å². The van der Waals surface area contributed by atoms with Gasteiger partial charge < -0.3 is 15.2 Å². The minimum absolute atomic E-state index is 0.164. The Morgan fingerprint density at radius 3 is 2.35 bits per heavy atom. The third kappa shape index (κ3) is 4.35. The van der Waals surface area contributed by atoms with Crippen LogP contribution in [0.5, 0.6) is 11.5 Å². The van der Waals surface area contributed by atoms with Gasteiger partial charge in [-0.05, 0) is 41.5 Å². The number of benzene rings is 2. The Hall–Kier alpha value is -3.87. The van der Waals surface area contributed by atoms with E-state index in [1.54, 1.807) is 25.0 Å². The second-order valence-corrected chi connectivity index (χ2v) is 7.45. The molecule has 4 rings (SSSR count). The Bertz CT molecular complexity index is 1230. The fourth-order valence-electron chi connectivity index (χ4n) is 3.75. The van der Waals surface area contributed by atoms with Gasteiger partial charge in [-0.3, -0.25) is 14.5 Å². The number of primary amides is 1. The highest BCUT2D eigenvalue weighted by Gasteiger charge is 2.20. The van der Waals surface area contributed by atoms with E-state index < -0.39 is 0 Å². The van der Waals surface area contributed by atoms with Gasteiger partial charge in [-0.15, -0.1) is 0 Å². The smallest absolute Gasteiger partial charge is 0.218 e. The predicted octanol–water partition coefficient (Wildman–Crippen LogP) is 3.66. The van der Waals surface area contributed by atoms with Gasteiger partial charge in [0.25, 0.3) is 0 Å². The lowest BCUT2D eigenvalue weighted by molar-refractivity contribution is -0.118. The Kier molecular flexibility index (Phi) is 5.58. The summed E-state index contributed by atoms with van der Waals surface area (Å²) in [5, 5.41) is 5.21. The van der Waals surface area contributed by atoms with Crippen molar-refractivity contribution in [1.29, 1.82) is 0 Å². The maximum Gasteiger partial charge on any atom is 0.218 e. The minimum Gasteiger partial charge on any atom is -0.497 e. The van der Waals surface area contributed by atoms with Crippen LogP contribution in [0, 0.1) is 0 Å². The third-order valence-electron chi connectivity index (χ3n) is 5.33. The van der Waals surface area contributed by atoms with Gasteiger partial charge in [-0.1, -0.05) is 6.07 Å². The second kappa shape index (κ2) is 8.47. The molecule has 158 valence electrons. The van der Waals surface area contributed by atoms with Crippen molar-refractivity contribution < 1.29 is 14.3 Å². The first-order valence-corrected chi connectivity index (χ1v) is 9.87. The molecular weight excluding hydrogens is 392 g/mol. The molecule has 31 heavy (non-hydrogen) atoms. The summed E-state index contributed by atoms with van der Waals surface area (Å²) >= 11 is 0. The van der Waals surface area contributed by atoms with Crippen molar-refractivity contribution in [3.05, 3.63) is 72.2 Å². The number of nitrogens with two attached hydrogens (primary N) is 1. The van der Waals surface area contributed by atoms with Gasteiger partial charge in [-0.2, -0.15) is 5.10 Å². The van der Waals surface area contributed by atoms with E-state index in [0.717, 1.165) is 33.2 Å². The minimum atomic E-state index is -0.380. The highest BCUT2D eigenvalue weighted by molar-refractivity contribution is 5.84. The molecule has 2 aromatic heterocycles. The lowest BCUT2D eigenvalue weighted by atomic mass is 9.87. The molecule has 7 nitrogen and oxygen atoms in total. The molecule has 0 unspecified atom stereocenters. The monoisotopic (exact) mass is 416 g/mol. The number of aromatic nitrogens is 3. The Balaban J connectivity index is 1.81. The molecule has 2 N–H and O–H groups in total. The zero-order valence-electron chi connectivity index (χ0n) is 17.7. The van der Waals surface area contributed by atoms with E-state index in [-0.39, 0.29) is 18.2 Å².